The van der Waals surface area contributed by atoms with Gasteiger partial charge in [-0.1, -0.05) is 23.3 Å². The van der Waals surface area contributed by atoms with Crippen molar-refractivity contribution in [3.8, 4) is 5.88 Å². The third-order valence-corrected chi connectivity index (χ3v) is 7.07. The fourth-order valence-electron chi connectivity index (χ4n) is 3.66. The van der Waals surface area contributed by atoms with Gasteiger partial charge >= 0.3 is 10.1 Å². The van der Waals surface area contributed by atoms with Crippen LogP contribution < -0.4 is 4.18 Å². The van der Waals surface area contributed by atoms with Gasteiger partial charge in [0.15, 0.2) is 5.78 Å². The van der Waals surface area contributed by atoms with Gasteiger partial charge in [-0.25, -0.2) is 4.68 Å². The molecule has 9 nitrogen and oxygen atoms in total. The third-order valence-electron chi connectivity index (χ3n) is 5.84. The van der Waals surface area contributed by atoms with Crippen molar-refractivity contribution in [2.75, 3.05) is 0 Å². The summed E-state index contributed by atoms with van der Waals surface area (Å²) in [6.45, 7) is 10.9. The summed E-state index contributed by atoms with van der Waals surface area (Å²) in [7, 11) is -4.24. The molecule has 35 heavy (non-hydrogen) atoms. The summed E-state index contributed by atoms with van der Waals surface area (Å²) in [6, 6.07) is 8.80. The summed E-state index contributed by atoms with van der Waals surface area (Å²) in [4.78, 5) is 24.7. The lowest BCUT2D eigenvalue weighted by Crippen LogP contribution is -2.16. The quantitative estimate of drug-likeness (QED) is 0.180. The number of carbonyl (C=O) groups excluding carboxylic acids is 1. The minimum absolute atomic E-state index is 0.0553. The maximum Gasteiger partial charge on any atom is 0.340 e. The molecule has 0 aliphatic rings. The number of nitro benzene ring substituents is 1. The van der Waals surface area contributed by atoms with Crippen molar-refractivity contribution < 1.29 is 22.3 Å². The van der Waals surface area contributed by atoms with E-state index in [1.54, 1.807) is 32.9 Å². The predicted octanol–water partition coefficient (Wildman–Crippen LogP) is 5.24. The van der Waals surface area contributed by atoms with Gasteiger partial charge in [0.05, 0.1) is 16.7 Å². The highest BCUT2D eigenvalue weighted by Gasteiger charge is 2.29. The van der Waals surface area contributed by atoms with Gasteiger partial charge in [-0.05, 0) is 70.9 Å². The molecule has 0 fully saturated rings. The summed E-state index contributed by atoms with van der Waals surface area (Å²) >= 11 is 0. The molecule has 0 saturated carbocycles. The Bertz CT molecular complexity index is 1450. The molecule has 3 aromatic rings. The van der Waals surface area contributed by atoms with Gasteiger partial charge < -0.3 is 4.18 Å². The highest BCUT2D eigenvalue weighted by Crippen LogP contribution is 2.35. The molecule has 10 heteroatoms. The van der Waals surface area contributed by atoms with Crippen LogP contribution in [0.5, 0.6) is 5.88 Å². The number of ketones is 1. The third kappa shape index (κ3) is 5.02. The lowest BCUT2D eigenvalue weighted by Gasteiger charge is -2.14. The molecule has 0 unspecified atom stereocenters. The second-order valence-corrected chi connectivity index (χ2v) is 9.92. The van der Waals surface area contributed by atoms with Crippen LogP contribution in [0.1, 0.15) is 60.3 Å². The van der Waals surface area contributed by atoms with Crippen molar-refractivity contribution in [2.24, 2.45) is 0 Å². The number of benzene rings is 2. The van der Waals surface area contributed by atoms with Gasteiger partial charge in [-0.15, -0.1) is 0 Å². The highest BCUT2D eigenvalue weighted by molar-refractivity contribution is 7.87. The van der Waals surface area contributed by atoms with Crippen LogP contribution in [0, 0.1) is 24.0 Å². The Morgan fingerprint density at radius 3 is 2.23 bits per heavy atom. The van der Waals surface area contributed by atoms with Crippen LogP contribution in [0.25, 0.3) is 5.57 Å². The fraction of sp³-hybridized carbons (Fsp3) is 0.280. The lowest BCUT2D eigenvalue weighted by molar-refractivity contribution is -0.385. The van der Waals surface area contributed by atoms with Gasteiger partial charge in [0.1, 0.15) is 10.5 Å². The van der Waals surface area contributed by atoms with Crippen molar-refractivity contribution >= 4 is 27.2 Å². The molecule has 0 bridgehead atoms. The van der Waals surface area contributed by atoms with E-state index in [1.807, 2.05) is 20.8 Å². The van der Waals surface area contributed by atoms with Gasteiger partial charge in [-0.3, -0.25) is 14.9 Å². The van der Waals surface area contributed by atoms with Crippen LogP contribution in [0.3, 0.4) is 0 Å². The largest absolute Gasteiger partial charge is 0.358 e. The summed E-state index contributed by atoms with van der Waals surface area (Å²) in [5.41, 5.74) is 3.24. The predicted molar refractivity (Wildman–Crippen MR) is 132 cm³/mol. The van der Waals surface area contributed by atoms with E-state index >= 15 is 0 Å². The zero-order valence-corrected chi connectivity index (χ0v) is 21.3. The summed E-state index contributed by atoms with van der Waals surface area (Å²) < 4.78 is 32.6. The average molecular weight is 498 g/mol. The molecule has 0 aliphatic carbocycles. The first kappa shape index (κ1) is 25.8. The first-order valence-electron chi connectivity index (χ1n) is 10.9. The second kappa shape index (κ2) is 9.83. The van der Waals surface area contributed by atoms with E-state index < -0.39 is 20.8 Å². The smallest absolute Gasteiger partial charge is 0.340 e. The maximum absolute atomic E-state index is 13.6. The van der Waals surface area contributed by atoms with Crippen molar-refractivity contribution in [3.63, 3.8) is 0 Å². The van der Waals surface area contributed by atoms with E-state index in [4.69, 9.17) is 4.18 Å². The van der Waals surface area contributed by atoms with Crippen LogP contribution in [0.4, 0.5) is 5.69 Å². The Balaban J connectivity index is 2.14. The Morgan fingerprint density at radius 2 is 1.69 bits per heavy atom. The van der Waals surface area contributed by atoms with E-state index in [1.165, 1.54) is 35.1 Å². The van der Waals surface area contributed by atoms with Crippen LogP contribution in [0.15, 0.2) is 53.1 Å². The Hall–Kier alpha value is -3.79. The van der Waals surface area contributed by atoms with Crippen LogP contribution >= 0.6 is 0 Å². The summed E-state index contributed by atoms with van der Waals surface area (Å²) in [5.74, 6) is -0.759. The molecular weight excluding hydrogens is 470 g/mol. The Labute approximate surface area is 204 Å². The molecule has 0 saturated heterocycles. The summed E-state index contributed by atoms with van der Waals surface area (Å²) in [5, 5.41) is 15.8. The number of nitrogens with zero attached hydrogens (tertiary/aromatic N) is 3. The van der Waals surface area contributed by atoms with Gasteiger partial charge in [-0.2, -0.15) is 13.5 Å². The minimum atomic E-state index is -4.24. The molecule has 0 atom stereocenters. The van der Waals surface area contributed by atoms with E-state index in [2.05, 4.69) is 5.10 Å². The van der Waals surface area contributed by atoms with Gasteiger partial charge in [0.25, 0.3) is 5.69 Å². The van der Waals surface area contributed by atoms with Crippen molar-refractivity contribution in [1.29, 1.82) is 0 Å². The number of allylic oxidation sites excluding steroid dienone is 2. The average Bonchev–Trinajstić information content (AvgIpc) is 3.19. The number of rotatable bonds is 8. The summed E-state index contributed by atoms with van der Waals surface area (Å²) in [6.07, 6.45) is 1.25. The SMILES string of the molecule is CCn1ncc(C(=O)c2ccc([N+](=O)[O-])c(C(C)=C(C)C)c2C)c1OS(=O)(=O)c1ccc(C)cc1. The van der Waals surface area contributed by atoms with Crippen LogP contribution in [0.2, 0.25) is 0 Å². The molecule has 0 aliphatic heterocycles. The molecule has 184 valence electrons. The lowest BCUT2D eigenvalue weighted by atomic mass is 9.90. The van der Waals surface area contributed by atoms with Crippen LogP contribution in [-0.2, 0) is 16.7 Å². The molecule has 3 rings (SSSR count). The molecule has 0 spiro atoms. The molecular formula is C25H27N3O6S. The fourth-order valence-corrected chi connectivity index (χ4v) is 4.61. The van der Waals surface area contributed by atoms with Gasteiger partial charge in [0, 0.05) is 18.2 Å². The van der Waals surface area contributed by atoms with E-state index in [0.717, 1.165) is 11.1 Å². The standard InChI is InChI=1S/C25H27N3O6S/c1-7-27-25(34-35(32,33)19-10-8-16(4)9-11-19)21(14-26-27)24(29)20-12-13-22(28(30)31)23(18(20)6)17(5)15(2)3/h8-14H,7H2,1-6H3. The number of aryl methyl sites for hydroxylation is 2. The van der Waals surface area contributed by atoms with Crippen molar-refractivity contribution in [1.82, 2.24) is 9.78 Å². The van der Waals surface area contributed by atoms with Crippen LogP contribution in [-0.4, -0.2) is 28.9 Å². The molecule has 2 aromatic carbocycles. The molecule has 0 amide bonds. The number of hydrogen-bond acceptors (Lipinski definition) is 7. The topological polar surface area (TPSA) is 121 Å². The number of aromatic nitrogens is 2. The first-order chi connectivity index (χ1) is 16.4. The van der Waals surface area contributed by atoms with E-state index in [-0.39, 0.29) is 34.1 Å². The Morgan fingerprint density at radius 1 is 1.06 bits per heavy atom. The maximum atomic E-state index is 13.6. The molecule has 1 heterocycles. The van der Waals surface area contributed by atoms with Crippen molar-refractivity contribution in [2.45, 2.75) is 53.0 Å². The zero-order chi connectivity index (χ0) is 26.1. The second-order valence-electron chi connectivity index (χ2n) is 8.37. The Kier molecular flexibility index (Phi) is 7.25. The number of hydrogen-bond donors (Lipinski definition) is 0. The number of nitro groups is 1. The zero-order valence-electron chi connectivity index (χ0n) is 20.4. The monoisotopic (exact) mass is 497 g/mol. The normalized spacial score (nSPS) is 11.3. The van der Waals surface area contributed by atoms with E-state index in [0.29, 0.717) is 16.7 Å². The minimum Gasteiger partial charge on any atom is -0.358 e. The molecule has 0 radical (unpaired) electrons. The first-order valence-corrected chi connectivity index (χ1v) is 12.3. The van der Waals surface area contributed by atoms with Crippen molar-refractivity contribution in [3.05, 3.63) is 86.1 Å². The molecule has 1 aromatic heterocycles. The highest BCUT2D eigenvalue weighted by atomic mass is 32.2. The van der Waals surface area contributed by atoms with Gasteiger partial charge in [0.2, 0.25) is 5.88 Å². The number of carbonyl (C=O) groups is 1. The molecule has 0 N–H and O–H groups in total. The van der Waals surface area contributed by atoms with E-state index in [9.17, 15) is 23.3 Å².